The molecule has 0 saturated heterocycles. The standard InChI is InChI=1S/C19H14NO3/c1-23-17-9-5-8-15(12-17)16-10-11-18(19(13-16)20(21)22)14-6-3-2-4-7-14/h2-8,10-13H,1H3. The third-order valence-electron chi connectivity index (χ3n) is 3.61. The second-order valence-electron chi connectivity index (χ2n) is 5.00. The first kappa shape index (κ1) is 14.8. The molecule has 1 radical (unpaired) electrons. The van der Waals surface area contributed by atoms with Crippen molar-refractivity contribution in [1.82, 2.24) is 0 Å². The molecule has 0 aliphatic rings. The Balaban J connectivity index is 2.11. The van der Waals surface area contributed by atoms with Gasteiger partial charge in [-0.05, 0) is 34.9 Å². The lowest BCUT2D eigenvalue weighted by molar-refractivity contribution is -0.384. The van der Waals surface area contributed by atoms with Crippen molar-refractivity contribution in [3.05, 3.63) is 82.9 Å². The number of benzene rings is 3. The van der Waals surface area contributed by atoms with E-state index in [4.69, 9.17) is 4.74 Å². The molecule has 0 fully saturated rings. The number of methoxy groups -OCH3 is 1. The summed E-state index contributed by atoms with van der Waals surface area (Å²) in [4.78, 5) is 11.1. The Labute approximate surface area is 134 Å². The van der Waals surface area contributed by atoms with Gasteiger partial charge in [-0.25, -0.2) is 0 Å². The smallest absolute Gasteiger partial charge is 0.277 e. The van der Waals surface area contributed by atoms with Crippen LogP contribution in [0.2, 0.25) is 0 Å². The second kappa shape index (κ2) is 6.32. The third-order valence-corrected chi connectivity index (χ3v) is 3.61. The van der Waals surface area contributed by atoms with Crippen LogP contribution < -0.4 is 4.74 Å². The van der Waals surface area contributed by atoms with Gasteiger partial charge in [-0.3, -0.25) is 10.1 Å². The quantitative estimate of drug-likeness (QED) is 0.517. The largest absolute Gasteiger partial charge is 0.496 e. The van der Waals surface area contributed by atoms with Crippen molar-refractivity contribution in [1.29, 1.82) is 0 Å². The van der Waals surface area contributed by atoms with E-state index in [-0.39, 0.29) is 10.6 Å². The Morgan fingerprint density at radius 2 is 1.70 bits per heavy atom. The summed E-state index contributed by atoms with van der Waals surface area (Å²) in [6.45, 7) is 0. The number of nitrogens with zero attached hydrogens (tertiary/aromatic N) is 1. The van der Waals surface area contributed by atoms with Gasteiger partial charge in [0.2, 0.25) is 0 Å². The molecule has 113 valence electrons. The minimum Gasteiger partial charge on any atom is -0.496 e. The van der Waals surface area contributed by atoms with Gasteiger partial charge in [-0.1, -0.05) is 42.5 Å². The SMILES string of the molecule is COc1[c]ccc(-c2ccc(-c3ccccc3)c([N+](=O)[O-])c2)c1. The van der Waals surface area contributed by atoms with Gasteiger partial charge in [0.1, 0.15) is 5.75 Å². The van der Waals surface area contributed by atoms with Crippen LogP contribution in [0.15, 0.2) is 66.7 Å². The van der Waals surface area contributed by atoms with Gasteiger partial charge in [-0.2, -0.15) is 0 Å². The average molecular weight is 304 g/mol. The van der Waals surface area contributed by atoms with Gasteiger partial charge in [0.15, 0.2) is 0 Å². The maximum Gasteiger partial charge on any atom is 0.277 e. The van der Waals surface area contributed by atoms with E-state index in [1.807, 2.05) is 42.5 Å². The normalized spacial score (nSPS) is 10.3. The zero-order valence-electron chi connectivity index (χ0n) is 12.5. The summed E-state index contributed by atoms with van der Waals surface area (Å²) in [6.07, 6.45) is 0. The van der Waals surface area contributed by atoms with Crippen LogP contribution in [-0.2, 0) is 0 Å². The first-order valence-electron chi connectivity index (χ1n) is 7.09. The molecular weight excluding hydrogens is 290 g/mol. The first-order chi connectivity index (χ1) is 11.2. The van der Waals surface area contributed by atoms with E-state index in [0.717, 1.165) is 16.7 Å². The molecular formula is C19H14NO3. The minimum absolute atomic E-state index is 0.0838. The number of ether oxygens (including phenoxy) is 1. The van der Waals surface area contributed by atoms with E-state index >= 15 is 0 Å². The fraction of sp³-hybridized carbons (Fsp3) is 0.0526. The lowest BCUT2D eigenvalue weighted by atomic mass is 9.98. The molecule has 0 unspecified atom stereocenters. The van der Waals surface area contributed by atoms with Crippen LogP contribution >= 0.6 is 0 Å². The van der Waals surface area contributed by atoms with Crippen molar-refractivity contribution < 1.29 is 9.66 Å². The van der Waals surface area contributed by atoms with E-state index in [1.54, 1.807) is 31.4 Å². The van der Waals surface area contributed by atoms with Crippen molar-refractivity contribution in [2.24, 2.45) is 0 Å². The number of nitro benzene ring substituents is 1. The number of hydrogen-bond acceptors (Lipinski definition) is 3. The molecule has 0 aromatic heterocycles. The molecule has 0 bridgehead atoms. The highest BCUT2D eigenvalue weighted by atomic mass is 16.6. The van der Waals surface area contributed by atoms with Crippen LogP contribution in [-0.4, -0.2) is 12.0 Å². The maximum absolute atomic E-state index is 11.5. The molecule has 0 aliphatic carbocycles. The number of rotatable bonds is 4. The van der Waals surface area contributed by atoms with Gasteiger partial charge >= 0.3 is 0 Å². The van der Waals surface area contributed by atoms with Crippen LogP contribution in [0.3, 0.4) is 0 Å². The molecule has 0 N–H and O–H groups in total. The predicted octanol–water partition coefficient (Wildman–Crippen LogP) is 4.74. The predicted molar refractivity (Wildman–Crippen MR) is 89.4 cm³/mol. The van der Waals surface area contributed by atoms with Crippen molar-refractivity contribution in [2.75, 3.05) is 7.11 Å². The molecule has 0 atom stereocenters. The summed E-state index contributed by atoms with van der Waals surface area (Å²) in [5, 5.41) is 11.5. The Morgan fingerprint density at radius 1 is 0.957 bits per heavy atom. The van der Waals surface area contributed by atoms with Crippen molar-refractivity contribution in [3.63, 3.8) is 0 Å². The van der Waals surface area contributed by atoms with E-state index in [1.165, 1.54) is 0 Å². The molecule has 0 spiro atoms. The molecule has 3 aromatic rings. The third kappa shape index (κ3) is 3.06. The van der Waals surface area contributed by atoms with Gasteiger partial charge in [0, 0.05) is 12.1 Å². The molecule has 0 amide bonds. The van der Waals surface area contributed by atoms with E-state index in [9.17, 15) is 10.1 Å². The van der Waals surface area contributed by atoms with Crippen LogP contribution in [0.1, 0.15) is 0 Å². The Hall–Kier alpha value is -3.14. The number of nitro groups is 1. The lowest BCUT2D eigenvalue weighted by Crippen LogP contribution is -1.93. The van der Waals surface area contributed by atoms with Crippen LogP contribution in [0, 0.1) is 16.2 Å². The zero-order valence-corrected chi connectivity index (χ0v) is 12.5. The minimum atomic E-state index is -0.349. The first-order valence-corrected chi connectivity index (χ1v) is 7.09. The van der Waals surface area contributed by atoms with Gasteiger partial charge in [-0.15, -0.1) is 0 Å². The highest BCUT2D eigenvalue weighted by molar-refractivity contribution is 5.79. The fourth-order valence-electron chi connectivity index (χ4n) is 2.47. The monoisotopic (exact) mass is 304 g/mol. The van der Waals surface area contributed by atoms with Gasteiger partial charge < -0.3 is 4.74 Å². The van der Waals surface area contributed by atoms with Gasteiger partial charge in [0.05, 0.1) is 17.6 Å². The highest BCUT2D eigenvalue weighted by Gasteiger charge is 2.16. The number of hydrogen-bond donors (Lipinski definition) is 0. The summed E-state index contributed by atoms with van der Waals surface area (Å²) in [5.41, 5.74) is 3.13. The summed E-state index contributed by atoms with van der Waals surface area (Å²) in [5.74, 6) is 0.595. The van der Waals surface area contributed by atoms with Gasteiger partial charge in [0.25, 0.3) is 5.69 Å². The molecule has 3 aromatic carbocycles. The Bertz CT molecular complexity index is 844. The summed E-state index contributed by atoms with van der Waals surface area (Å²) >= 11 is 0. The van der Waals surface area contributed by atoms with Crippen LogP contribution in [0.5, 0.6) is 5.75 Å². The molecule has 4 heteroatoms. The molecule has 23 heavy (non-hydrogen) atoms. The van der Waals surface area contributed by atoms with E-state index in [2.05, 4.69) is 6.07 Å². The van der Waals surface area contributed by atoms with Crippen molar-refractivity contribution in [2.45, 2.75) is 0 Å². The van der Waals surface area contributed by atoms with Crippen molar-refractivity contribution >= 4 is 5.69 Å². The summed E-state index contributed by atoms with van der Waals surface area (Å²) in [7, 11) is 1.57. The lowest BCUT2D eigenvalue weighted by Gasteiger charge is -2.08. The summed E-state index contributed by atoms with van der Waals surface area (Å²) in [6, 6.07) is 22.9. The zero-order chi connectivity index (χ0) is 16.2. The Morgan fingerprint density at radius 3 is 2.39 bits per heavy atom. The molecule has 0 heterocycles. The molecule has 0 saturated carbocycles. The topological polar surface area (TPSA) is 52.4 Å². The molecule has 3 rings (SSSR count). The maximum atomic E-state index is 11.5. The fourth-order valence-corrected chi connectivity index (χ4v) is 2.47. The summed E-state index contributed by atoms with van der Waals surface area (Å²) < 4.78 is 5.16. The van der Waals surface area contributed by atoms with Crippen LogP contribution in [0.4, 0.5) is 5.69 Å². The van der Waals surface area contributed by atoms with Crippen LogP contribution in [0.25, 0.3) is 22.3 Å². The Kier molecular flexibility index (Phi) is 4.06. The second-order valence-corrected chi connectivity index (χ2v) is 5.00. The molecule has 4 nitrogen and oxygen atoms in total. The van der Waals surface area contributed by atoms with E-state index < -0.39 is 0 Å². The van der Waals surface area contributed by atoms with Crippen molar-refractivity contribution in [3.8, 4) is 28.0 Å². The highest BCUT2D eigenvalue weighted by Crippen LogP contribution is 2.34. The molecule has 0 aliphatic heterocycles. The van der Waals surface area contributed by atoms with E-state index in [0.29, 0.717) is 11.3 Å². The average Bonchev–Trinajstić information content (AvgIpc) is 2.62.